The fraction of sp³-hybridized carbons (Fsp3) is 0.667. The predicted molar refractivity (Wildman–Crippen MR) is 334 cm³/mol. The van der Waals surface area contributed by atoms with Crippen molar-refractivity contribution in [1.29, 1.82) is 0 Å². The van der Waals surface area contributed by atoms with Crippen molar-refractivity contribution in [3.05, 3.63) is 68.0 Å². The van der Waals surface area contributed by atoms with Crippen LogP contribution in [0.5, 0.6) is 0 Å². The highest BCUT2D eigenvalue weighted by Gasteiger charge is 2.55. The molecule has 18 heteroatoms. The smallest absolute Gasteiger partial charge is 0.163 e. The van der Waals surface area contributed by atoms with Gasteiger partial charge in [-0.15, -0.1) is 0 Å². The summed E-state index contributed by atoms with van der Waals surface area (Å²) in [4.78, 5) is 10.3. The van der Waals surface area contributed by atoms with Crippen molar-refractivity contribution in [1.82, 2.24) is 38.7 Å². The Morgan fingerprint density at radius 3 is 1.40 bits per heavy atom. The van der Waals surface area contributed by atoms with Crippen molar-refractivity contribution >= 4 is 77.6 Å². The van der Waals surface area contributed by atoms with Crippen LogP contribution in [-0.2, 0) is 84.4 Å². The van der Waals surface area contributed by atoms with E-state index in [1.807, 2.05) is 6.07 Å². The predicted octanol–water partition coefficient (Wildman–Crippen LogP) is 15.7. The lowest BCUT2D eigenvalue weighted by atomic mass is 9.87. The second-order valence-corrected chi connectivity index (χ2v) is 52.4. The van der Waals surface area contributed by atoms with E-state index in [1.165, 1.54) is 46.5 Å². The van der Waals surface area contributed by atoms with Crippen molar-refractivity contribution in [3.8, 4) is 23.0 Å². The van der Waals surface area contributed by atoms with Crippen molar-refractivity contribution in [2.75, 3.05) is 26.4 Å². The summed E-state index contributed by atoms with van der Waals surface area (Å²) < 4.78 is 33.6. The Morgan fingerprint density at radius 2 is 0.949 bits per heavy atom. The molecule has 0 bridgehead atoms. The van der Waals surface area contributed by atoms with E-state index < -0.39 is 32.3 Å². The maximum atomic E-state index is 6.90. The van der Waals surface area contributed by atoms with Gasteiger partial charge in [0.1, 0.15) is 43.8 Å². The lowest BCUT2D eigenvalue weighted by molar-refractivity contribution is 0.0755. The van der Waals surface area contributed by atoms with E-state index in [4.69, 9.17) is 62.3 Å². The maximum absolute atomic E-state index is 6.90. The van der Waals surface area contributed by atoms with Crippen LogP contribution in [0.15, 0.2) is 24.3 Å². The number of hydrogen-bond donors (Lipinski definition) is 0. The fourth-order valence-corrected chi connectivity index (χ4v) is 15.1. The van der Waals surface area contributed by atoms with Gasteiger partial charge in [0, 0.05) is 81.2 Å². The fourth-order valence-electron chi connectivity index (χ4n) is 11.5. The molecule has 4 heterocycles. The minimum Gasteiger partial charge on any atom is -0.361 e. The van der Waals surface area contributed by atoms with E-state index in [2.05, 4.69) is 143 Å². The third-order valence-corrected chi connectivity index (χ3v) is 24.7. The summed E-state index contributed by atoms with van der Waals surface area (Å²) in [7, 11) is -4.67. The first-order chi connectivity index (χ1) is 36.6. The number of nitrogens with zero attached hydrogens (tertiary/aromatic N) is 8. The summed E-state index contributed by atoms with van der Waals surface area (Å²) in [6, 6.07) is 13.1. The lowest BCUT2D eigenvalue weighted by Crippen LogP contribution is -2.23. The van der Waals surface area contributed by atoms with Crippen LogP contribution < -0.4 is 0 Å². The molecule has 0 radical (unpaired) electrons. The highest BCUT2D eigenvalue weighted by Crippen LogP contribution is 2.61. The number of rotatable bonds is 24. The minimum atomic E-state index is -1.19. The Labute approximate surface area is 481 Å². The van der Waals surface area contributed by atoms with Crippen LogP contribution in [0.1, 0.15) is 74.2 Å². The van der Waals surface area contributed by atoms with E-state index in [0.29, 0.717) is 42.8 Å². The molecular formula is C60H94Cl2N8O4Si4. The number of aromatic nitrogens is 8. The molecule has 0 amide bonds. The van der Waals surface area contributed by atoms with E-state index >= 15 is 0 Å². The summed E-state index contributed by atoms with van der Waals surface area (Å²) in [6.07, 6.45) is 8.66. The van der Waals surface area contributed by atoms with Gasteiger partial charge in [0.05, 0.1) is 26.6 Å². The van der Waals surface area contributed by atoms with Gasteiger partial charge in [0.25, 0.3) is 0 Å². The Hall–Kier alpha value is -2.91. The third kappa shape index (κ3) is 13.9. The third-order valence-electron chi connectivity index (χ3n) is 17.3. The van der Waals surface area contributed by atoms with Gasteiger partial charge < -0.3 is 18.9 Å². The Bertz CT molecular complexity index is 3030. The van der Waals surface area contributed by atoms with Gasteiger partial charge in [-0.1, -0.05) is 129 Å². The monoisotopic (exact) mass is 1170 g/mol. The zero-order valence-corrected chi connectivity index (χ0v) is 56.1. The molecule has 0 spiro atoms. The Kier molecular flexibility index (Phi) is 17.6. The second-order valence-electron chi connectivity index (χ2n) is 29.1. The van der Waals surface area contributed by atoms with Crippen LogP contribution in [0, 0.1) is 22.7 Å². The van der Waals surface area contributed by atoms with E-state index in [0.717, 1.165) is 151 Å². The average Bonchev–Trinajstić information content (AvgIpc) is 4.14. The molecule has 0 N–H and O–H groups in total. The largest absolute Gasteiger partial charge is 0.361 e. The second kappa shape index (κ2) is 23.0. The molecule has 2 fully saturated rings. The van der Waals surface area contributed by atoms with E-state index in [-0.39, 0.29) is 0 Å². The highest BCUT2D eigenvalue weighted by molar-refractivity contribution is 6.77. The van der Waals surface area contributed by atoms with Gasteiger partial charge in [0.2, 0.25) is 0 Å². The van der Waals surface area contributed by atoms with Crippen LogP contribution in [0.3, 0.4) is 0 Å². The number of ether oxygens (including phenoxy) is 4. The molecule has 2 aromatic carbocycles. The van der Waals surface area contributed by atoms with Gasteiger partial charge in [-0.3, -0.25) is 9.13 Å². The van der Waals surface area contributed by atoms with Crippen molar-refractivity contribution in [2.45, 2.75) is 209 Å². The van der Waals surface area contributed by atoms with Crippen molar-refractivity contribution in [2.24, 2.45) is 22.7 Å². The number of halogens is 2. The van der Waals surface area contributed by atoms with Crippen LogP contribution in [0.2, 0.25) is 113 Å². The number of aryl methyl sites for hydroxylation is 2. The first-order valence-electron chi connectivity index (χ1n) is 29.4. The van der Waals surface area contributed by atoms with Gasteiger partial charge in [-0.2, -0.15) is 10.2 Å². The molecule has 4 atom stereocenters. The quantitative estimate of drug-likeness (QED) is 0.0436. The molecule has 6 aromatic rings. The number of fused-ring (bicyclic) bond motifs is 6. The number of benzene rings is 2. The summed E-state index contributed by atoms with van der Waals surface area (Å²) in [5, 5.41) is 11.8. The molecule has 4 aliphatic rings. The van der Waals surface area contributed by atoms with Crippen molar-refractivity contribution in [3.63, 3.8) is 0 Å². The Morgan fingerprint density at radius 1 is 0.538 bits per heavy atom. The normalized spacial score (nSPS) is 20.9. The summed E-state index contributed by atoms with van der Waals surface area (Å²) in [5.74, 6) is 3.20. The van der Waals surface area contributed by atoms with Gasteiger partial charge in [0.15, 0.2) is 11.6 Å². The summed E-state index contributed by atoms with van der Waals surface area (Å²) >= 11 is 13.7. The van der Waals surface area contributed by atoms with E-state index in [1.54, 1.807) is 0 Å². The first kappa shape index (κ1) is 59.7. The van der Waals surface area contributed by atoms with Crippen LogP contribution in [0.25, 0.3) is 45.1 Å². The molecule has 12 nitrogen and oxygen atoms in total. The number of imidazole rings is 2. The van der Waals surface area contributed by atoms with Crippen LogP contribution in [0.4, 0.5) is 0 Å². The molecule has 0 aliphatic heterocycles. The lowest BCUT2D eigenvalue weighted by Gasteiger charge is -2.20. The zero-order valence-electron chi connectivity index (χ0n) is 50.6. The molecule has 10 rings (SSSR count). The highest BCUT2D eigenvalue weighted by atomic mass is 35.5. The van der Waals surface area contributed by atoms with Crippen LogP contribution >= 0.6 is 23.2 Å². The standard InChI is InChI=1S/2C30H47ClN4O2Si2/c1-9-21-14-24(31)28-25(15-21)34(19-36-10-12-38(3,4)5)29(32-28)27-23-16-22-17-30(22,2)18-26(23)35(33-27)20-37-11-13-39(6,7)8;1-9-21-14-24(31)28-25(15-21)32-29(34(28)19-36-10-12-38(3,4)5)27-23-16-22-17-30(22,2)18-26(23)35(33-27)20-37-11-13-39(6,7)8/h2*14-15,22H,9-13,16-20H2,1-8H3/t2*22-,30-/m11/s1. The summed E-state index contributed by atoms with van der Waals surface area (Å²) in [6.45, 7) is 42.8. The van der Waals surface area contributed by atoms with Crippen molar-refractivity contribution < 1.29 is 18.9 Å². The SMILES string of the molecule is CCc1cc(Cl)c2c(c1)nc(-c1nn(COCC[Si](C)(C)C)c3c1C[C@@H]1C[C@]1(C)C3)n2COCC[Si](C)(C)C.CCc1cc(Cl)c2nc(-c3nn(COCC[Si](C)(C)C)c4c3C[C@@H]3C[C@]3(C)C4)n(COCC[Si](C)(C)C)c2c1. The Balaban J connectivity index is 0.000000190. The first-order valence-corrected chi connectivity index (χ1v) is 45.0. The van der Waals surface area contributed by atoms with Gasteiger partial charge in [-0.05, 0) is 134 Å². The molecule has 0 saturated heterocycles. The molecule has 0 unspecified atom stereocenters. The number of hydrogen-bond acceptors (Lipinski definition) is 8. The summed E-state index contributed by atoms with van der Waals surface area (Å²) in [5.41, 5.74) is 14.2. The minimum absolute atomic E-state index is 0.403. The van der Waals surface area contributed by atoms with Crippen LogP contribution in [-0.4, -0.2) is 97.4 Å². The molecule has 428 valence electrons. The van der Waals surface area contributed by atoms with Gasteiger partial charge in [-0.25, -0.2) is 19.3 Å². The van der Waals surface area contributed by atoms with E-state index in [9.17, 15) is 0 Å². The molecule has 4 aromatic heterocycles. The topological polar surface area (TPSA) is 108 Å². The molecule has 78 heavy (non-hydrogen) atoms. The average molecular weight is 1170 g/mol. The molecule has 2 saturated carbocycles. The maximum Gasteiger partial charge on any atom is 0.163 e. The molecular weight excluding hydrogens is 1080 g/mol. The molecule has 4 aliphatic carbocycles. The van der Waals surface area contributed by atoms with Gasteiger partial charge >= 0.3 is 0 Å². The zero-order chi connectivity index (χ0) is 56.3.